The zero-order valence-electron chi connectivity index (χ0n) is 10.6. The molecule has 0 saturated carbocycles. The van der Waals surface area contributed by atoms with Crippen molar-refractivity contribution in [3.05, 3.63) is 35.4 Å². The lowest BCUT2D eigenvalue weighted by Gasteiger charge is -2.17. The van der Waals surface area contributed by atoms with Crippen LogP contribution in [0.4, 0.5) is 13.2 Å². The summed E-state index contributed by atoms with van der Waals surface area (Å²) in [6, 6.07) is 5.73. The molecule has 1 atom stereocenters. The number of hydrogen-bond acceptors (Lipinski definition) is 2. The molecule has 18 heavy (non-hydrogen) atoms. The first kappa shape index (κ1) is 15.4. The number of likely N-dealkylation sites (N-methyl/N-ethyl adjacent to an activating group) is 1. The third-order valence-electron chi connectivity index (χ3n) is 2.62. The maximum absolute atomic E-state index is 12.4. The summed E-state index contributed by atoms with van der Waals surface area (Å²) in [4.78, 5) is 0. The van der Waals surface area contributed by atoms with E-state index in [0.29, 0.717) is 6.04 Å². The summed E-state index contributed by atoms with van der Waals surface area (Å²) in [5.74, 6) is 0.953. The fourth-order valence-electron chi connectivity index (χ4n) is 1.79. The van der Waals surface area contributed by atoms with Gasteiger partial charge < -0.3 is 5.32 Å². The third kappa shape index (κ3) is 4.90. The molecule has 0 aliphatic carbocycles. The second kappa shape index (κ2) is 7.04. The van der Waals surface area contributed by atoms with Crippen LogP contribution in [0, 0.1) is 0 Å². The quantitative estimate of drug-likeness (QED) is 0.853. The highest BCUT2D eigenvalue weighted by atomic mass is 32.2. The van der Waals surface area contributed by atoms with Crippen LogP contribution in [0.5, 0.6) is 0 Å². The molecule has 0 radical (unpaired) electrons. The van der Waals surface area contributed by atoms with E-state index in [-0.39, 0.29) is 0 Å². The van der Waals surface area contributed by atoms with Gasteiger partial charge in [-0.05, 0) is 36.9 Å². The molecular formula is C13H18F3NS. The van der Waals surface area contributed by atoms with E-state index < -0.39 is 11.7 Å². The lowest BCUT2D eigenvalue weighted by Crippen LogP contribution is -2.33. The average Bonchev–Trinajstić information content (AvgIpc) is 2.29. The Hall–Kier alpha value is -0.680. The van der Waals surface area contributed by atoms with Gasteiger partial charge in [-0.2, -0.15) is 24.9 Å². The Morgan fingerprint density at radius 1 is 1.22 bits per heavy atom. The molecule has 1 aromatic rings. The van der Waals surface area contributed by atoms with Gasteiger partial charge in [0.25, 0.3) is 0 Å². The predicted octanol–water partition coefficient (Wildman–Crippen LogP) is 3.59. The maximum atomic E-state index is 12.4. The van der Waals surface area contributed by atoms with Gasteiger partial charge in [0.15, 0.2) is 0 Å². The molecule has 5 heteroatoms. The molecule has 0 bridgehead atoms. The summed E-state index contributed by atoms with van der Waals surface area (Å²) in [7, 11) is 0. The van der Waals surface area contributed by atoms with Crippen molar-refractivity contribution in [3.63, 3.8) is 0 Å². The number of thioether (sulfide) groups is 1. The van der Waals surface area contributed by atoms with Gasteiger partial charge in [-0.25, -0.2) is 0 Å². The monoisotopic (exact) mass is 277 g/mol. The summed E-state index contributed by atoms with van der Waals surface area (Å²) in [5, 5.41) is 3.33. The van der Waals surface area contributed by atoms with Crippen molar-refractivity contribution >= 4 is 11.8 Å². The van der Waals surface area contributed by atoms with Crippen LogP contribution < -0.4 is 5.32 Å². The molecule has 1 rings (SSSR count). The molecule has 0 aliphatic heterocycles. The molecule has 1 N–H and O–H groups in total. The number of hydrogen-bond donors (Lipinski definition) is 1. The van der Waals surface area contributed by atoms with Crippen LogP contribution in [-0.2, 0) is 12.6 Å². The first-order chi connectivity index (χ1) is 8.47. The van der Waals surface area contributed by atoms with Crippen molar-refractivity contribution in [2.45, 2.75) is 25.6 Å². The van der Waals surface area contributed by atoms with E-state index in [1.54, 1.807) is 23.9 Å². The first-order valence-corrected chi connectivity index (χ1v) is 7.25. The Balaban J connectivity index is 2.67. The summed E-state index contributed by atoms with van der Waals surface area (Å²) in [6.45, 7) is 2.89. The van der Waals surface area contributed by atoms with E-state index in [0.717, 1.165) is 36.4 Å². The lowest BCUT2D eigenvalue weighted by atomic mass is 10.0. The van der Waals surface area contributed by atoms with E-state index in [9.17, 15) is 13.2 Å². The van der Waals surface area contributed by atoms with Gasteiger partial charge in [-0.15, -0.1) is 0 Å². The van der Waals surface area contributed by atoms with Gasteiger partial charge in [0.1, 0.15) is 0 Å². The van der Waals surface area contributed by atoms with E-state index in [1.165, 1.54) is 0 Å². The normalized spacial score (nSPS) is 13.6. The molecule has 0 fully saturated rings. The van der Waals surface area contributed by atoms with Crippen LogP contribution in [0.2, 0.25) is 0 Å². The largest absolute Gasteiger partial charge is 0.416 e. The molecule has 1 unspecified atom stereocenters. The number of halogens is 3. The Morgan fingerprint density at radius 2 is 1.83 bits per heavy atom. The van der Waals surface area contributed by atoms with E-state index in [4.69, 9.17) is 0 Å². The maximum Gasteiger partial charge on any atom is 0.416 e. The zero-order valence-corrected chi connectivity index (χ0v) is 11.4. The van der Waals surface area contributed by atoms with Crippen molar-refractivity contribution in [1.29, 1.82) is 0 Å². The lowest BCUT2D eigenvalue weighted by molar-refractivity contribution is -0.137. The molecule has 1 aromatic carbocycles. The van der Waals surface area contributed by atoms with Gasteiger partial charge in [0, 0.05) is 11.8 Å². The topological polar surface area (TPSA) is 12.0 Å². The van der Waals surface area contributed by atoms with Gasteiger partial charge in [-0.1, -0.05) is 19.1 Å². The number of alkyl halides is 3. The minimum Gasteiger partial charge on any atom is -0.313 e. The molecule has 0 amide bonds. The standard InChI is InChI=1S/C13H18F3NS/c1-3-17-12(9-18-2)8-10-4-6-11(7-5-10)13(14,15)16/h4-7,12,17H,3,8-9H2,1-2H3. The second-order valence-electron chi connectivity index (χ2n) is 4.11. The average molecular weight is 277 g/mol. The van der Waals surface area contributed by atoms with Crippen LogP contribution in [0.1, 0.15) is 18.1 Å². The van der Waals surface area contributed by atoms with Crippen molar-refractivity contribution in [2.24, 2.45) is 0 Å². The smallest absolute Gasteiger partial charge is 0.313 e. The van der Waals surface area contributed by atoms with Gasteiger partial charge in [0.05, 0.1) is 5.56 Å². The van der Waals surface area contributed by atoms with E-state index in [2.05, 4.69) is 5.32 Å². The number of nitrogens with one attached hydrogen (secondary N) is 1. The van der Waals surface area contributed by atoms with Crippen LogP contribution in [0.3, 0.4) is 0 Å². The molecule has 0 saturated heterocycles. The van der Waals surface area contributed by atoms with Crippen molar-refractivity contribution in [2.75, 3.05) is 18.6 Å². The van der Waals surface area contributed by atoms with Gasteiger partial charge in [0.2, 0.25) is 0 Å². The third-order valence-corrected chi connectivity index (χ3v) is 3.36. The van der Waals surface area contributed by atoms with E-state index >= 15 is 0 Å². The molecule has 0 heterocycles. The zero-order chi connectivity index (χ0) is 13.6. The highest BCUT2D eigenvalue weighted by molar-refractivity contribution is 7.98. The molecule has 1 nitrogen and oxygen atoms in total. The Bertz CT molecular complexity index is 342. The molecule has 0 aromatic heterocycles. The highest BCUT2D eigenvalue weighted by Gasteiger charge is 2.29. The fraction of sp³-hybridized carbons (Fsp3) is 0.538. The Kier molecular flexibility index (Phi) is 6.02. The van der Waals surface area contributed by atoms with Crippen LogP contribution in [0.25, 0.3) is 0 Å². The van der Waals surface area contributed by atoms with Crippen molar-refractivity contribution < 1.29 is 13.2 Å². The van der Waals surface area contributed by atoms with Gasteiger partial charge in [-0.3, -0.25) is 0 Å². The molecule has 102 valence electrons. The fourth-order valence-corrected chi connectivity index (χ4v) is 2.43. The van der Waals surface area contributed by atoms with E-state index in [1.807, 2.05) is 13.2 Å². The summed E-state index contributed by atoms with van der Waals surface area (Å²) in [5.41, 5.74) is 0.346. The van der Waals surface area contributed by atoms with Crippen molar-refractivity contribution in [3.8, 4) is 0 Å². The Morgan fingerprint density at radius 3 is 2.28 bits per heavy atom. The summed E-state index contributed by atoms with van der Waals surface area (Å²) in [6.07, 6.45) is -1.47. The van der Waals surface area contributed by atoms with Crippen LogP contribution in [-0.4, -0.2) is 24.6 Å². The van der Waals surface area contributed by atoms with Crippen molar-refractivity contribution in [1.82, 2.24) is 5.32 Å². The summed E-state index contributed by atoms with van der Waals surface area (Å²) < 4.78 is 37.2. The second-order valence-corrected chi connectivity index (χ2v) is 5.02. The first-order valence-electron chi connectivity index (χ1n) is 5.85. The number of benzene rings is 1. The minimum absolute atomic E-state index is 0.307. The molecule has 0 aliphatic rings. The summed E-state index contributed by atoms with van der Waals surface area (Å²) >= 11 is 1.73. The van der Waals surface area contributed by atoms with Crippen LogP contribution in [0.15, 0.2) is 24.3 Å². The predicted molar refractivity (Wildman–Crippen MR) is 71.0 cm³/mol. The number of rotatable bonds is 6. The Labute approximate surface area is 110 Å². The van der Waals surface area contributed by atoms with Crippen LogP contribution >= 0.6 is 11.8 Å². The highest BCUT2D eigenvalue weighted by Crippen LogP contribution is 2.29. The minimum atomic E-state index is -4.25. The molecule has 0 spiro atoms. The van der Waals surface area contributed by atoms with Gasteiger partial charge >= 0.3 is 6.18 Å². The SMILES string of the molecule is CCNC(CSC)Cc1ccc(C(F)(F)F)cc1. The molecular weight excluding hydrogens is 259 g/mol.